The van der Waals surface area contributed by atoms with Gasteiger partial charge in [0.25, 0.3) is 5.56 Å². The zero-order chi connectivity index (χ0) is 15.4. The number of ether oxygens (including phenoxy) is 2. The molecule has 21 heavy (non-hydrogen) atoms. The Morgan fingerprint density at radius 2 is 2.29 bits per heavy atom. The fourth-order valence-corrected chi connectivity index (χ4v) is 2.11. The molecule has 2 atom stereocenters. The van der Waals surface area contributed by atoms with Crippen molar-refractivity contribution in [2.45, 2.75) is 31.8 Å². The largest absolute Gasteiger partial charge is 0.462 e. The van der Waals surface area contributed by atoms with Crippen molar-refractivity contribution in [2.75, 3.05) is 13.2 Å². The van der Waals surface area contributed by atoms with Crippen molar-refractivity contribution >= 4 is 5.97 Å². The van der Waals surface area contributed by atoms with Crippen LogP contribution in [-0.4, -0.2) is 39.9 Å². The van der Waals surface area contributed by atoms with E-state index in [0.29, 0.717) is 12.8 Å². The molecule has 9 nitrogen and oxygen atoms in total. The second kappa shape index (κ2) is 6.66. The molecule has 1 fully saturated rings. The molecule has 1 aromatic rings. The summed E-state index contributed by atoms with van der Waals surface area (Å²) in [5.41, 5.74) is 3.97. The van der Waals surface area contributed by atoms with Gasteiger partial charge in [0, 0.05) is 6.20 Å². The standard InChI is InChI=1S/C12H17N3O6/c13-3-10(17)20-6-8-1-2-9(21-8)15-4-7(5-16)11(18)14-12(15)19/h4,8-9,16H,1-3,5-6,13H2,(H,14,18,19). The van der Waals surface area contributed by atoms with Crippen LogP contribution in [-0.2, 0) is 20.9 Å². The minimum absolute atomic E-state index is 0.0670. The maximum Gasteiger partial charge on any atom is 0.330 e. The van der Waals surface area contributed by atoms with Gasteiger partial charge in [-0.1, -0.05) is 0 Å². The highest BCUT2D eigenvalue weighted by atomic mass is 16.6. The highest BCUT2D eigenvalue weighted by Gasteiger charge is 2.28. The van der Waals surface area contributed by atoms with Gasteiger partial charge >= 0.3 is 11.7 Å². The van der Waals surface area contributed by atoms with E-state index in [1.807, 2.05) is 0 Å². The molecule has 0 saturated carbocycles. The van der Waals surface area contributed by atoms with Gasteiger partial charge in [0.15, 0.2) is 0 Å². The molecule has 1 aromatic heterocycles. The third kappa shape index (κ3) is 3.57. The number of carbonyl (C=O) groups is 1. The summed E-state index contributed by atoms with van der Waals surface area (Å²) in [4.78, 5) is 36.2. The van der Waals surface area contributed by atoms with E-state index in [9.17, 15) is 14.4 Å². The van der Waals surface area contributed by atoms with Crippen molar-refractivity contribution in [3.8, 4) is 0 Å². The van der Waals surface area contributed by atoms with Crippen LogP contribution < -0.4 is 17.0 Å². The zero-order valence-electron chi connectivity index (χ0n) is 11.3. The van der Waals surface area contributed by atoms with Crippen molar-refractivity contribution in [2.24, 2.45) is 5.73 Å². The number of esters is 1. The Bertz CT molecular complexity index is 622. The van der Waals surface area contributed by atoms with E-state index in [1.54, 1.807) is 0 Å². The molecule has 1 aliphatic rings. The van der Waals surface area contributed by atoms with E-state index >= 15 is 0 Å². The minimum atomic E-state index is -0.620. The Morgan fingerprint density at radius 1 is 1.52 bits per heavy atom. The SMILES string of the molecule is NCC(=O)OCC1CCC(n2cc(CO)c(=O)[nH]c2=O)O1. The fourth-order valence-electron chi connectivity index (χ4n) is 2.11. The number of aliphatic hydroxyl groups excluding tert-OH is 1. The number of rotatable bonds is 5. The molecule has 0 amide bonds. The maximum atomic E-state index is 11.8. The van der Waals surface area contributed by atoms with Gasteiger partial charge in [-0.15, -0.1) is 0 Å². The number of hydrogen-bond acceptors (Lipinski definition) is 7. The molecule has 0 aliphatic carbocycles. The van der Waals surface area contributed by atoms with Gasteiger partial charge in [0.1, 0.15) is 12.8 Å². The Labute approximate surface area is 119 Å². The molecule has 1 saturated heterocycles. The van der Waals surface area contributed by atoms with E-state index in [2.05, 4.69) is 4.98 Å². The average Bonchev–Trinajstić information content (AvgIpc) is 2.93. The third-order valence-electron chi connectivity index (χ3n) is 3.20. The lowest BCUT2D eigenvalue weighted by molar-refractivity contribution is -0.146. The summed E-state index contributed by atoms with van der Waals surface area (Å²) < 4.78 is 11.7. The molecule has 2 unspecified atom stereocenters. The number of nitrogens with zero attached hydrogens (tertiary/aromatic N) is 1. The molecule has 116 valence electrons. The fraction of sp³-hybridized carbons (Fsp3) is 0.583. The van der Waals surface area contributed by atoms with Crippen molar-refractivity contribution in [3.63, 3.8) is 0 Å². The lowest BCUT2D eigenvalue weighted by atomic mass is 10.2. The zero-order valence-corrected chi connectivity index (χ0v) is 11.3. The molecule has 4 N–H and O–H groups in total. The van der Waals surface area contributed by atoms with Crippen LogP contribution in [0.1, 0.15) is 24.6 Å². The second-order valence-electron chi connectivity index (χ2n) is 4.66. The number of aromatic nitrogens is 2. The van der Waals surface area contributed by atoms with Gasteiger partial charge in [0.05, 0.1) is 24.8 Å². The van der Waals surface area contributed by atoms with Gasteiger partial charge in [-0.3, -0.25) is 19.1 Å². The molecule has 2 rings (SSSR count). The summed E-state index contributed by atoms with van der Waals surface area (Å²) in [6.45, 7) is -0.604. The minimum Gasteiger partial charge on any atom is -0.462 e. The first-order valence-electron chi connectivity index (χ1n) is 6.51. The molecule has 9 heteroatoms. The summed E-state index contributed by atoms with van der Waals surface area (Å²) in [6, 6.07) is 0. The van der Waals surface area contributed by atoms with E-state index in [1.165, 1.54) is 10.8 Å². The number of hydrogen-bond donors (Lipinski definition) is 3. The molecule has 0 aromatic carbocycles. The number of nitrogens with one attached hydrogen (secondary N) is 1. The highest BCUT2D eigenvalue weighted by molar-refractivity contribution is 5.71. The Hall–Kier alpha value is -1.97. The van der Waals surface area contributed by atoms with Crippen LogP contribution in [0.2, 0.25) is 0 Å². The third-order valence-corrected chi connectivity index (χ3v) is 3.20. The lowest BCUT2D eigenvalue weighted by Crippen LogP contribution is -2.34. The van der Waals surface area contributed by atoms with Crippen LogP contribution in [0.25, 0.3) is 0 Å². The summed E-state index contributed by atoms with van der Waals surface area (Å²) in [6.07, 6.45) is 1.51. The average molecular weight is 299 g/mol. The van der Waals surface area contributed by atoms with Gasteiger partial charge < -0.3 is 20.3 Å². The Morgan fingerprint density at radius 3 is 2.95 bits per heavy atom. The molecule has 1 aliphatic heterocycles. The van der Waals surface area contributed by atoms with Gasteiger partial charge in [0.2, 0.25) is 0 Å². The smallest absolute Gasteiger partial charge is 0.330 e. The van der Waals surface area contributed by atoms with Crippen LogP contribution in [0, 0.1) is 0 Å². The van der Waals surface area contributed by atoms with Crippen LogP contribution >= 0.6 is 0 Å². The number of H-pyrrole nitrogens is 1. The number of aromatic amines is 1. The maximum absolute atomic E-state index is 11.8. The first-order chi connectivity index (χ1) is 10.0. The topological polar surface area (TPSA) is 137 Å². The van der Waals surface area contributed by atoms with Crippen LogP contribution in [0.5, 0.6) is 0 Å². The monoisotopic (exact) mass is 299 g/mol. The van der Waals surface area contributed by atoms with E-state index in [4.69, 9.17) is 20.3 Å². The van der Waals surface area contributed by atoms with Crippen molar-refractivity contribution in [1.82, 2.24) is 9.55 Å². The first-order valence-corrected chi connectivity index (χ1v) is 6.51. The molecule has 2 heterocycles. The van der Waals surface area contributed by atoms with Gasteiger partial charge in [-0.05, 0) is 12.8 Å². The van der Waals surface area contributed by atoms with Gasteiger partial charge in [-0.25, -0.2) is 4.79 Å². The van der Waals surface area contributed by atoms with E-state index < -0.39 is 30.1 Å². The molecular weight excluding hydrogens is 282 g/mol. The number of carbonyl (C=O) groups excluding carboxylic acids is 1. The number of nitrogens with two attached hydrogens (primary N) is 1. The van der Waals surface area contributed by atoms with E-state index in [-0.39, 0.29) is 24.8 Å². The van der Waals surface area contributed by atoms with Crippen LogP contribution in [0.4, 0.5) is 0 Å². The molecule has 0 spiro atoms. The van der Waals surface area contributed by atoms with Crippen molar-refractivity contribution in [1.29, 1.82) is 0 Å². The Balaban J connectivity index is 2.06. The van der Waals surface area contributed by atoms with Crippen LogP contribution in [0.3, 0.4) is 0 Å². The molecular formula is C12H17N3O6. The summed E-state index contributed by atoms with van der Waals surface area (Å²) in [7, 11) is 0. The Kier molecular flexibility index (Phi) is 4.89. The molecule has 0 radical (unpaired) electrons. The first kappa shape index (κ1) is 15.4. The van der Waals surface area contributed by atoms with E-state index in [0.717, 1.165) is 0 Å². The lowest BCUT2D eigenvalue weighted by Gasteiger charge is -2.16. The quantitative estimate of drug-likeness (QED) is 0.546. The van der Waals surface area contributed by atoms with Gasteiger partial charge in [-0.2, -0.15) is 0 Å². The normalized spacial score (nSPS) is 21.4. The summed E-state index contributed by atoms with van der Waals surface area (Å²) in [5.74, 6) is -0.522. The number of aliphatic hydroxyl groups is 1. The van der Waals surface area contributed by atoms with Crippen molar-refractivity contribution in [3.05, 3.63) is 32.6 Å². The van der Waals surface area contributed by atoms with Crippen molar-refractivity contribution < 1.29 is 19.4 Å². The predicted octanol–water partition coefficient (Wildman–Crippen LogP) is -1.79. The second-order valence-corrected chi connectivity index (χ2v) is 4.66. The summed E-state index contributed by atoms with van der Waals surface area (Å²) >= 11 is 0. The van der Waals surface area contributed by atoms with Crippen LogP contribution in [0.15, 0.2) is 15.8 Å². The molecule has 0 bridgehead atoms. The highest BCUT2D eigenvalue weighted by Crippen LogP contribution is 2.27. The predicted molar refractivity (Wildman–Crippen MR) is 70.4 cm³/mol. The summed E-state index contributed by atoms with van der Waals surface area (Å²) in [5, 5.41) is 9.06.